The average Bonchev–Trinajstić information content (AvgIpc) is 2.54. The first-order valence-corrected chi connectivity index (χ1v) is 8.42. The van der Waals surface area contributed by atoms with Crippen molar-refractivity contribution in [2.45, 2.75) is 25.8 Å². The largest absolute Gasteiger partial charge is 0.399 e. The van der Waals surface area contributed by atoms with Gasteiger partial charge in [0, 0.05) is 17.7 Å². The van der Waals surface area contributed by atoms with Crippen LogP contribution in [0.25, 0.3) is 0 Å². The van der Waals surface area contributed by atoms with E-state index in [1.54, 1.807) is 13.2 Å². The Kier molecular flexibility index (Phi) is 6.82. The Bertz CT molecular complexity index is 615. The molecule has 0 aliphatic heterocycles. The number of nitrogens with zero attached hydrogens (tertiary/aromatic N) is 2. The summed E-state index contributed by atoms with van der Waals surface area (Å²) >= 11 is 1.16. The van der Waals surface area contributed by atoms with Crippen molar-refractivity contribution < 1.29 is 8.78 Å². The van der Waals surface area contributed by atoms with E-state index in [0.717, 1.165) is 11.8 Å². The van der Waals surface area contributed by atoms with E-state index in [9.17, 15) is 8.78 Å². The summed E-state index contributed by atoms with van der Waals surface area (Å²) in [4.78, 5) is 4.30. The summed E-state index contributed by atoms with van der Waals surface area (Å²) in [5, 5.41) is 9.07. The number of amidine groups is 1. The first kappa shape index (κ1) is 19.2. The Labute approximate surface area is 140 Å². The molecular formula is C16H22F2N4S. The Morgan fingerprint density at radius 2 is 2.13 bits per heavy atom. The molecular weight excluding hydrogens is 318 g/mol. The predicted octanol–water partition coefficient (Wildman–Crippen LogP) is 3.44. The highest BCUT2D eigenvalue weighted by Gasteiger charge is 2.43. The van der Waals surface area contributed by atoms with Crippen LogP contribution in [-0.4, -0.2) is 18.1 Å². The third-order valence-corrected chi connectivity index (χ3v) is 4.71. The lowest BCUT2D eigenvalue weighted by Crippen LogP contribution is -2.40. The molecule has 0 spiro atoms. The third-order valence-electron chi connectivity index (χ3n) is 4.20. The zero-order valence-corrected chi connectivity index (χ0v) is 14.3. The molecule has 0 saturated carbocycles. The van der Waals surface area contributed by atoms with Gasteiger partial charge in [0.25, 0.3) is 0 Å². The zero-order chi connectivity index (χ0) is 17.6. The SMILES string of the molecule is CS/C(N)=N\[C@](CF)(c1cc(N)ccc1F)[C@H](C)[C@@H](C)CC#N. The molecule has 0 bridgehead atoms. The van der Waals surface area contributed by atoms with Gasteiger partial charge in [-0.25, -0.2) is 13.8 Å². The van der Waals surface area contributed by atoms with E-state index >= 15 is 0 Å². The number of nitrogens with two attached hydrogens (primary N) is 2. The maximum atomic E-state index is 14.4. The minimum absolute atomic E-state index is 0.0642. The highest BCUT2D eigenvalue weighted by atomic mass is 32.2. The Hall–Kier alpha value is -1.81. The van der Waals surface area contributed by atoms with Crippen LogP contribution in [0.4, 0.5) is 14.5 Å². The molecule has 0 radical (unpaired) electrons. The Morgan fingerprint density at radius 3 is 2.65 bits per heavy atom. The number of benzene rings is 1. The summed E-state index contributed by atoms with van der Waals surface area (Å²) in [7, 11) is 0. The summed E-state index contributed by atoms with van der Waals surface area (Å²) in [6.07, 6.45) is 1.92. The summed E-state index contributed by atoms with van der Waals surface area (Å²) in [6.45, 7) is 2.63. The fourth-order valence-corrected chi connectivity index (χ4v) is 2.79. The molecule has 0 fully saturated rings. The van der Waals surface area contributed by atoms with Gasteiger partial charge >= 0.3 is 0 Å². The number of hydrogen-bond donors (Lipinski definition) is 2. The molecule has 126 valence electrons. The van der Waals surface area contributed by atoms with Gasteiger partial charge in [-0.15, -0.1) is 0 Å². The van der Waals surface area contributed by atoms with Crippen molar-refractivity contribution in [3.63, 3.8) is 0 Å². The molecule has 1 aromatic rings. The van der Waals surface area contributed by atoms with Crippen LogP contribution in [0.5, 0.6) is 0 Å². The normalized spacial score (nSPS) is 17.1. The van der Waals surface area contributed by atoms with Crippen LogP contribution < -0.4 is 11.5 Å². The number of nitrogen functional groups attached to an aromatic ring is 1. The molecule has 0 unspecified atom stereocenters. The zero-order valence-electron chi connectivity index (χ0n) is 13.5. The maximum absolute atomic E-state index is 14.4. The number of aliphatic imine (C=N–C) groups is 1. The lowest BCUT2D eigenvalue weighted by molar-refractivity contribution is 0.171. The molecule has 1 rings (SSSR count). The monoisotopic (exact) mass is 340 g/mol. The number of rotatable bonds is 6. The fourth-order valence-electron chi connectivity index (χ4n) is 2.54. The summed E-state index contributed by atoms with van der Waals surface area (Å²) in [5.41, 5.74) is 10.4. The van der Waals surface area contributed by atoms with Crippen LogP contribution in [0.15, 0.2) is 23.2 Å². The number of halogens is 2. The van der Waals surface area contributed by atoms with Gasteiger partial charge in [0.2, 0.25) is 0 Å². The molecule has 7 heteroatoms. The second-order valence-corrected chi connectivity index (χ2v) is 6.41. The van der Waals surface area contributed by atoms with Crippen molar-refractivity contribution in [2.75, 3.05) is 18.7 Å². The number of nitriles is 1. The minimum atomic E-state index is -1.51. The van der Waals surface area contributed by atoms with Crippen LogP contribution >= 0.6 is 11.8 Å². The van der Waals surface area contributed by atoms with Crippen molar-refractivity contribution in [2.24, 2.45) is 22.6 Å². The molecule has 0 amide bonds. The molecule has 1 aromatic carbocycles. The van der Waals surface area contributed by atoms with E-state index in [1.165, 1.54) is 18.2 Å². The number of anilines is 1. The molecule has 23 heavy (non-hydrogen) atoms. The van der Waals surface area contributed by atoms with E-state index in [2.05, 4.69) is 11.1 Å². The van der Waals surface area contributed by atoms with Gasteiger partial charge in [-0.2, -0.15) is 5.26 Å². The van der Waals surface area contributed by atoms with Gasteiger partial charge in [0.1, 0.15) is 18.0 Å². The fraction of sp³-hybridized carbons (Fsp3) is 0.500. The summed E-state index contributed by atoms with van der Waals surface area (Å²) in [6, 6.07) is 6.06. The van der Waals surface area contributed by atoms with Gasteiger partial charge in [-0.05, 0) is 36.3 Å². The van der Waals surface area contributed by atoms with Crippen LogP contribution in [-0.2, 0) is 5.54 Å². The van der Waals surface area contributed by atoms with Crippen molar-refractivity contribution in [1.82, 2.24) is 0 Å². The molecule has 0 heterocycles. The Balaban J connectivity index is 3.59. The molecule has 0 saturated heterocycles. The van der Waals surface area contributed by atoms with E-state index in [0.29, 0.717) is 5.69 Å². The smallest absolute Gasteiger partial charge is 0.154 e. The second kappa shape index (κ2) is 8.16. The molecule has 0 aromatic heterocycles. The number of thioether (sulfide) groups is 1. The highest BCUT2D eigenvalue weighted by Crippen LogP contribution is 2.42. The third kappa shape index (κ3) is 4.14. The molecule has 0 aliphatic rings. The highest BCUT2D eigenvalue weighted by molar-refractivity contribution is 8.13. The van der Waals surface area contributed by atoms with Crippen molar-refractivity contribution in [3.8, 4) is 6.07 Å². The maximum Gasteiger partial charge on any atom is 0.154 e. The van der Waals surface area contributed by atoms with Crippen molar-refractivity contribution in [3.05, 3.63) is 29.6 Å². The van der Waals surface area contributed by atoms with Crippen LogP contribution in [0.3, 0.4) is 0 Å². The van der Waals surface area contributed by atoms with Gasteiger partial charge in [0.05, 0.1) is 6.07 Å². The Morgan fingerprint density at radius 1 is 1.48 bits per heavy atom. The van der Waals surface area contributed by atoms with Crippen LogP contribution in [0.2, 0.25) is 0 Å². The summed E-state index contributed by atoms with van der Waals surface area (Å²) < 4.78 is 28.6. The van der Waals surface area contributed by atoms with Gasteiger partial charge < -0.3 is 11.5 Å². The molecule has 0 aliphatic carbocycles. The molecule has 4 N–H and O–H groups in total. The van der Waals surface area contributed by atoms with Crippen LogP contribution in [0, 0.1) is 29.0 Å². The first-order chi connectivity index (χ1) is 10.8. The van der Waals surface area contributed by atoms with Gasteiger partial charge in [-0.3, -0.25) is 0 Å². The van der Waals surface area contributed by atoms with Crippen LogP contribution in [0.1, 0.15) is 25.8 Å². The number of hydrogen-bond acceptors (Lipinski definition) is 4. The van der Waals surface area contributed by atoms with E-state index in [4.69, 9.17) is 16.7 Å². The standard InChI is InChI=1S/C16H22F2N4S/c1-10(6-7-19)11(2)16(9-17,22-15(21)23-3)13-8-12(20)4-5-14(13)18/h4-5,8,10-11H,6,9,20H2,1-3H3,(H2,21,22)/t10-,11+,16-/m0/s1. The quantitative estimate of drug-likeness (QED) is 0.472. The average molecular weight is 340 g/mol. The number of alkyl halides is 1. The van der Waals surface area contributed by atoms with Gasteiger partial charge in [0.15, 0.2) is 5.17 Å². The van der Waals surface area contributed by atoms with E-state index < -0.39 is 23.9 Å². The lowest BCUT2D eigenvalue weighted by Gasteiger charge is -2.37. The van der Waals surface area contributed by atoms with Gasteiger partial charge in [-0.1, -0.05) is 25.6 Å². The van der Waals surface area contributed by atoms with Crippen molar-refractivity contribution in [1.29, 1.82) is 5.26 Å². The van der Waals surface area contributed by atoms with E-state index in [-0.39, 0.29) is 23.1 Å². The first-order valence-electron chi connectivity index (χ1n) is 7.20. The lowest BCUT2D eigenvalue weighted by atomic mass is 9.73. The van der Waals surface area contributed by atoms with Crippen molar-refractivity contribution >= 4 is 22.6 Å². The molecule has 4 nitrogen and oxygen atoms in total. The minimum Gasteiger partial charge on any atom is -0.399 e. The van der Waals surface area contributed by atoms with E-state index in [1.807, 2.05) is 6.92 Å². The predicted molar refractivity (Wildman–Crippen MR) is 92.2 cm³/mol. The molecule has 3 atom stereocenters. The second-order valence-electron chi connectivity index (χ2n) is 5.58. The summed E-state index contributed by atoms with van der Waals surface area (Å²) in [5.74, 6) is -1.24. The topological polar surface area (TPSA) is 88.2 Å².